The summed E-state index contributed by atoms with van der Waals surface area (Å²) >= 11 is 0. The third-order valence-corrected chi connectivity index (χ3v) is 4.22. The Morgan fingerprint density at radius 3 is 2.45 bits per heavy atom. The predicted molar refractivity (Wildman–Crippen MR) is 90.7 cm³/mol. The van der Waals surface area contributed by atoms with Crippen molar-refractivity contribution in [2.24, 2.45) is 5.92 Å². The molecule has 2 heteroatoms. The van der Waals surface area contributed by atoms with E-state index in [1.165, 1.54) is 29.7 Å². The Hall–Kier alpha value is -1.02. The van der Waals surface area contributed by atoms with Crippen molar-refractivity contribution in [3.63, 3.8) is 0 Å². The van der Waals surface area contributed by atoms with Gasteiger partial charge in [0.25, 0.3) is 0 Å². The number of anilines is 1. The van der Waals surface area contributed by atoms with Crippen LogP contribution < -0.4 is 10.2 Å². The van der Waals surface area contributed by atoms with Gasteiger partial charge in [-0.2, -0.15) is 0 Å². The fourth-order valence-electron chi connectivity index (χ4n) is 2.69. The molecule has 1 N–H and O–H groups in total. The van der Waals surface area contributed by atoms with Gasteiger partial charge in [0.05, 0.1) is 0 Å². The first-order valence-corrected chi connectivity index (χ1v) is 8.01. The second-order valence-corrected chi connectivity index (χ2v) is 6.12. The van der Waals surface area contributed by atoms with Crippen molar-refractivity contribution >= 4 is 5.69 Å². The van der Waals surface area contributed by atoms with Crippen LogP contribution in [-0.2, 0) is 0 Å². The maximum absolute atomic E-state index is 3.71. The Morgan fingerprint density at radius 1 is 1.20 bits per heavy atom. The van der Waals surface area contributed by atoms with Gasteiger partial charge in [0, 0.05) is 25.3 Å². The molecule has 0 aliphatic carbocycles. The van der Waals surface area contributed by atoms with Crippen molar-refractivity contribution in [2.45, 2.75) is 53.5 Å². The fourth-order valence-corrected chi connectivity index (χ4v) is 2.69. The molecule has 0 heterocycles. The number of likely N-dealkylation sites (N-methyl/N-ethyl adjacent to an activating group) is 1. The Bertz CT molecular complexity index is 400. The van der Waals surface area contributed by atoms with E-state index in [0.717, 1.165) is 13.1 Å². The largest absolute Gasteiger partial charge is 0.373 e. The summed E-state index contributed by atoms with van der Waals surface area (Å²) in [6, 6.07) is 7.28. The van der Waals surface area contributed by atoms with Gasteiger partial charge in [-0.1, -0.05) is 44.9 Å². The maximum Gasteiger partial charge on any atom is 0.0394 e. The first-order chi connectivity index (χ1) is 9.49. The lowest BCUT2D eigenvalue weighted by Crippen LogP contribution is -2.44. The monoisotopic (exact) mass is 276 g/mol. The van der Waals surface area contributed by atoms with Crippen LogP contribution in [0.4, 0.5) is 5.69 Å². The van der Waals surface area contributed by atoms with E-state index in [1.807, 2.05) is 0 Å². The number of benzene rings is 1. The molecule has 0 saturated carbocycles. The highest BCUT2D eigenvalue weighted by Gasteiger charge is 2.17. The average Bonchev–Trinajstić information content (AvgIpc) is 2.42. The summed E-state index contributed by atoms with van der Waals surface area (Å²) in [6.07, 6.45) is 2.42. The minimum atomic E-state index is 0.561. The summed E-state index contributed by atoms with van der Waals surface area (Å²) in [5.41, 5.74) is 4.05. The molecule has 0 saturated heterocycles. The molecule has 114 valence electrons. The molecule has 0 radical (unpaired) electrons. The van der Waals surface area contributed by atoms with Crippen molar-refractivity contribution in [1.29, 1.82) is 0 Å². The van der Waals surface area contributed by atoms with Crippen LogP contribution in [0.3, 0.4) is 0 Å². The molecule has 1 aromatic carbocycles. The SMILES string of the molecule is CCCNC(CN(C)c1ccc(C)cc1C)C(C)CC. The molecule has 0 amide bonds. The molecular weight excluding hydrogens is 244 g/mol. The molecule has 2 unspecified atom stereocenters. The van der Waals surface area contributed by atoms with Gasteiger partial charge in [0.15, 0.2) is 0 Å². The lowest BCUT2D eigenvalue weighted by Gasteiger charge is -2.31. The topological polar surface area (TPSA) is 15.3 Å². The van der Waals surface area contributed by atoms with Gasteiger partial charge in [-0.3, -0.25) is 0 Å². The van der Waals surface area contributed by atoms with Gasteiger partial charge in [0.2, 0.25) is 0 Å². The number of nitrogens with one attached hydrogen (secondary N) is 1. The minimum absolute atomic E-state index is 0.561. The van der Waals surface area contributed by atoms with Crippen molar-refractivity contribution in [3.05, 3.63) is 29.3 Å². The van der Waals surface area contributed by atoms with Crippen molar-refractivity contribution in [3.8, 4) is 0 Å². The first-order valence-electron chi connectivity index (χ1n) is 8.01. The predicted octanol–water partition coefficient (Wildman–Crippen LogP) is 4.15. The molecule has 0 fully saturated rings. The standard InChI is InChI=1S/C18H32N2/c1-7-11-19-17(15(4)8-2)13-20(6)18-10-9-14(3)12-16(18)5/h9-10,12,15,17,19H,7-8,11,13H2,1-6H3. The van der Waals surface area contributed by atoms with Gasteiger partial charge in [-0.15, -0.1) is 0 Å². The molecular formula is C18H32N2. The number of hydrogen-bond donors (Lipinski definition) is 1. The summed E-state index contributed by atoms with van der Waals surface area (Å²) < 4.78 is 0. The van der Waals surface area contributed by atoms with Crippen molar-refractivity contribution < 1.29 is 0 Å². The van der Waals surface area contributed by atoms with Crippen LogP contribution in [0.2, 0.25) is 0 Å². The van der Waals surface area contributed by atoms with Crippen LogP contribution >= 0.6 is 0 Å². The zero-order chi connectivity index (χ0) is 15.1. The molecule has 0 bridgehead atoms. The highest BCUT2D eigenvalue weighted by molar-refractivity contribution is 5.53. The molecule has 1 aromatic rings. The van der Waals surface area contributed by atoms with E-state index in [9.17, 15) is 0 Å². The zero-order valence-corrected chi connectivity index (χ0v) is 14.2. The van der Waals surface area contributed by atoms with E-state index in [4.69, 9.17) is 0 Å². The highest BCUT2D eigenvalue weighted by Crippen LogP contribution is 2.21. The Kier molecular flexibility index (Phi) is 7.08. The molecule has 0 aromatic heterocycles. The lowest BCUT2D eigenvalue weighted by atomic mass is 9.98. The van der Waals surface area contributed by atoms with Gasteiger partial charge in [-0.05, 0) is 44.4 Å². The molecule has 2 nitrogen and oxygen atoms in total. The summed E-state index contributed by atoms with van der Waals surface area (Å²) in [6.45, 7) is 13.4. The van der Waals surface area contributed by atoms with Crippen molar-refractivity contribution in [2.75, 3.05) is 25.0 Å². The van der Waals surface area contributed by atoms with E-state index in [1.54, 1.807) is 0 Å². The fraction of sp³-hybridized carbons (Fsp3) is 0.667. The number of hydrogen-bond acceptors (Lipinski definition) is 2. The summed E-state index contributed by atoms with van der Waals surface area (Å²) in [7, 11) is 2.21. The third-order valence-electron chi connectivity index (χ3n) is 4.22. The number of rotatable bonds is 8. The molecule has 0 spiro atoms. The van der Waals surface area contributed by atoms with Crippen LogP contribution in [0.5, 0.6) is 0 Å². The maximum atomic E-state index is 3.71. The number of aryl methyl sites for hydroxylation is 2. The summed E-state index contributed by atoms with van der Waals surface area (Å²) in [4.78, 5) is 2.40. The van der Waals surface area contributed by atoms with Gasteiger partial charge >= 0.3 is 0 Å². The van der Waals surface area contributed by atoms with E-state index < -0.39 is 0 Å². The summed E-state index contributed by atoms with van der Waals surface area (Å²) in [5.74, 6) is 0.703. The van der Waals surface area contributed by atoms with Crippen LogP contribution in [0, 0.1) is 19.8 Å². The normalized spacial score (nSPS) is 14.1. The van der Waals surface area contributed by atoms with Crippen LogP contribution in [-0.4, -0.2) is 26.2 Å². The molecule has 2 atom stereocenters. The Morgan fingerprint density at radius 2 is 1.90 bits per heavy atom. The van der Waals surface area contributed by atoms with E-state index >= 15 is 0 Å². The second-order valence-electron chi connectivity index (χ2n) is 6.12. The Balaban J connectivity index is 2.75. The van der Waals surface area contributed by atoms with E-state index in [2.05, 4.69) is 70.1 Å². The van der Waals surface area contributed by atoms with Crippen LogP contribution in [0.1, 0.15) is 44.7 Å². The molecule has 20 heavy (non-hydrogen) atoms. The first kappa shape index (κ1) is 17.0. The van der Waals surface area contributed by atoms with Gasteiger partial charge in [0.1, 0.15) is 0 Å². The van der Waals surface area contributed by atoms with Crippen molar-refractivity contribution in [1.82, 2.24) is 5.32 Å². The zero-order valence-electron chi connectivity index (χ0n) is 14.2. The molecule has 0 aliphatic heterocycles. The van der Waals surface area contributed by atoms with Crippen LogP contribution in [0.15, 0.2) is 18.2 Å². The highest BCUT2D eigenvalue weighted by atomic mass is 15.1. The van der Waals surface area contributed by atoms with Gasteiger partial charge < -0.3 is 10.2 Å². The number of nitrogens with zero attached hydrogens (tertiary/aromatic N) is 1. The third kappa shape index (κ3) is 4.82. The van der Waals surface area contributed by atoms with Gasteiger partial charge in [-0.25, -0.2) is 0 Å². The second kappa shape index (κ2) is 8.31. The average molecular weight is 276 g/mol. The quantitative estimate of drug-likeness (QED) is 0.767. The molecule has 0 aliphatic rings. The molecule has 1 rings (SSSR count). The smallest absolute Gasteiger partial charge is 0.0394 e. The van der Waals surface area contributed by atoms with Crippen LogP contribution in [0.25, 0.3) is 0 Å². The lowest BCUT2D eigenvalue weighted by molar-refractivity contribution is 0.370. The Labute approximate surface area is 125 Å². The van der Waals surface area contributed by atoms with E-state index in [-0.39, 0.29) is 0 Å². The minimum Gasteiger partial charge on any atom is -0.373 e. The van der Waals surface area contributed by atoms with E-state index in [0.29, 0.717) is 12.0 Å². The summed E-state index contributed by atoms with van der Waals surface area (Å²) in [5, 5.41) is 3.71.